The van der Waals surface area contributed by atoms with Crippen LogP contribution in [-0.4, -0.2) is 20.0 Å². The first kappa shape index (κ1) is 11.0. The van der Waals surface area contributed by atoms with Gasteiger partial charge in [0.05, 0.1) is 18.2 Å². The molecule has 0 bridgehead atoms. The van der Waals surface area contributed by atoms with Gasteiger partial charge in [0, 0.05) is 5.56 Å². The number of hydrogen-bond acceptors (Lipinski definition) is 3. The Balaban J connectivity index is 3.20. The highest BCUT2D eigenvalue weighted by molar-refractivity contribution is 9.10. The number of carbonyl (C=O) groups excluding carboxylic acids is 1. The average molecular weight is 259 g/mol. The Bertz CT molecular complexity index is 336. The largest absolute Gasteiger partial charge is 0.492 e. The van der Waals surface area contributed by atoms with E-state index in [1.807, 2.05) is 6.92 Å². The third-order valence-electron chi connectivity index (χ3n) is 1.67. The molecule has 0 fully saturated rings. The predicted molar refractivity (Wildman–Crippen MR) is 57.3 cm³/mol. The van der Waals surface area contributed by atoms with Crippen molar-refractivity contribution in [1.29, 1.82) is 0 Å². The summed E-state index contributed by atoms with van der Waals surface area (Å²) in [6.07, 6.45) is 0.771. The molecule has 4 heteroatoms. The normalized spacial score (nSPS) is 9.64. The molecular formula is C10H11BrO3. The van der Waals surface area contributed by atoms with Crippen molar-refractivity contribution in [2.45, 2.75) is 6.92 Å². The van der Waals surface area contributed by atoms with Gasteiger partial charge in [0.15, 0.2) is 11.5 Å². The number of carbonyl (C=O) groups is 1. The summed E-state index contributed by atoms with van der Waals surface area (Å²) < 4.78 is 11.2. The maximum absolute atomic E-state index is 10.6. The number of aldehydes is 1. The standard InChI is InChI=1S/C10H11BrO3/c1-3-14-9-5-7(6-12)4-8(11)10(9)13-2/h4-6H,3H2,1-2H3. The van der Waals surface area contributed by atoms with Crippen LogP contribution in [0.3, 0.4) is 0 Å². The Hall–Kier alpha value is -1.03. The molecule has 0 heterocycles. The molecule has 0 saturated carbocycles. The lowest BCUT2D eigenvalue weighted by Gasteiger charge is -2.11. The SMILES string of the molecule is CCOc1cc(C=O)cc(Br)c1OC. The van der Waals surface area contributed by atoms with Gasteiger partial charge in [0.1, 0.15) is 6.29 Å². The fourth-order valence-electron chi connectivity index (χ4n) is 1.12. The Morgan fingerprint density at radius 3 is 2.71 bits per heavy atom. The van der Waals surface area contributed by atoms with Crippen molar-refractivity contribution in [3.63, 3.8) is 0 Å². The quantitative estimate of drug-likeness (QED) is 0.780. The number of methoxy groups -OCH3 is 1. The molecule has 0 N–H and O–H groups in total. The van der Waals surface area contributed by atoms with Gasteiger partial charge in [-0.05, 0) is 35.0 Å². The Morgan fingerprint density at radius 1 is 1.50 bits per heavy atom. The van der Waals surface area contributed by atoms with Crippen molar-refractivity contribution in [3.05, 3.63) is 22.2 Å². The van der Waals surface area contributed by atoms with Crippen molar-refractivity contribution < 1.29 is 14.3 Å². The highest BCUT2D eigenvalue weighted by Gasteiger charge is 2.10. The number of halogens is 1. The minimum absolute atomic E-state index is 0.533. The lowest BCUT2D eigenvalue weighted by Crippen LogP contribution is -1.97. The molecule has 14 heavy (non-hydrogen) atoms. The van der Waals surface area contributed by atoms with Gasteiger partial charge < -0.3 is 9.47 Å². The van der Waals surface area contributed by atoms with E-state index in [1.54, 1.807) is 19.2 Å². The van der Waals surface area contributed by atoms with Crippen molar-refractivity contribution in [2.24, 2.45) is 0 Å². The fraction of sp³-hybridized carbons (Fsp3) is 0.300. The summed E-state index contributed by atoms with van der Waals surface area (Å²) in [6, 6.07) is 3.34. The molecule has 76 valence electrons. The first-order valence-corrected chi connectivity index (χ1v) is 4.97. The van der Waals surface area contributed by atoms with Crippen LogP contribution >= 0.6 is 15.9 Å². The summed E-state index contributed by atoms with van der Waals surface area (Å²) in [5.41, 5.74) is 0.557. The number of ether oxygens (including phenoxy) is 2. The van der Waals surface area contributed by atoms with Crippen molar-refractivity contribution in [1.82, 2.24) is 0 Å². The highest BCUT2D eigenvalue weighted by atomic mass is 79.9. The molecule has 0 aromatic heterocycles. The van der Waals surface area contributed by atoms with Crippen LogP contribution < -0.4 is 9.47 Å². The van der Waals surface area contributed by atoms with E-state index in [4.69, 9.17) is 9.47 Å². The predicted octanol–water partition coefficient (Wildman–Crippen LogP) is 2.67. The van der Waals surface area contributed by atoms with Gasteiger partial charge in [-0.15, -0.1) is 0 Å². The molecule has 0 aliphatic carbocycles. The second-order valence-electron chi connectivity index (χ2n) is 2.58. The maximum atomic E-state index is 10.6. The van der Waals surface area contributed by atoms with E-state index in [-0.39, 0.29) is 0 Å². The minimum Gasteiger partial charge on any atom is -0.492 e. The molecule has 3 nitrogen and oxygen atoms in total. The summed E-state index contributed by atoms with van der Waals surface area (Å²) in [4.78, 5) is 10.6. The number of benzene rings is 1. The molecule has 1 aromatic carbocycles. The number of rotatable bonds is 4. The Kier molecular flexibility index (Phi) is 3.95. The first-order valence-electron chi connectivity index (χ1n) is 4.18. The monoisotopic (exact) mass is 258 g/mol. The smallest absolute Gasteiger partial charge is 0.174 e. The molecule has 0 saturated heterocycles. The third kappa shape index (κ3) is 2.26. The zero-order chi connectivity index (χ0) is 10.6. The fourth-order valence-corrected chi connectivity index (χ4v) is 1.74. The zero-order valence-electron chi connectivity index (χ0n) is 8.04. The lowest BCUT2D eigenvalue weighted by atomic mass is 10.2. The van der Waals surface area contributed by atoms with Crippen LogP contribution in [0, 0.1) is 0 Å². The molecule has 0 aliphatic heterocycles. The van der Waals surface area contributed by atoms with E-state index < -0.39 is 0 Å². The molecule has 0 aliphatic rings. The second kappa shape index (κ2) is 5.00. The van der Waals surface area contributed by atoms with Crippen molar-refractivity contribution >= 4 is 22.2 Å². The van der Waals surface area contributed by atoms with E-state index in [1.165, 1.54) is 0 Å². The van der Waals surface area contributed by atoms with Crippen LogP contribution in [0.4, 0.5) is 0 Å². The van der Waals surface area contributed by atoms with Crippen LogP contribution in [0.15, 0.2) is 16.6 Å². The Labute approximate surface area is 91.1 Å². The topological polar surface area (TPSA) is 35.5 Å². The molecule has 1 aromatic rings. The van der Waals surface area contributed by atoms with Gasteiger partial charge in [-0.1, -0.05) is 0 Å². The lowest BCUT2D eigenvalue weighted by molar-refractivity contribution is 0.112. The van der Waals surface area contributed by atoms with E-state index in [0.29, 0.717) is 28.1 Å². The summed E-state index contributed by atoms with van der Waals surface area (Å²) in [7, 11) is 1.56. The molecule has 0 radical (unpaired) electrons. The average Bonchev–Trinajstić information content (AvgIpc) is 2.18. The summed E-state index contributed by atoms with van der Waals surface area (Å²) in [5, 5.41) is 0. The van der Waals surface area contributed by atoms with Gasteiger partial charge in [0.25, 0.3) is 0 Å². The van der Waals surface area contributed by atoms with E-state index in [9.17, 15) is 4.79 Å². The Morgan fingerprint density at radius 2 is 2.21 bits per heavy atom. The molecule has 0 atom stereocenters. The van der Waals surface area contributed by atoms with Gasteiger partial charge in [-0.2, -0.15) is 0 Å². The van der Waals surface area contributed by atoms with Gasteiger partial charge in [0.2, 0.25) is 0 Å². The second-order valence-corrected chi connectivity index (χ2v) is 3.44. The van der Waals surface area contributed by atoms with Gasteiger partial charge in [-0.3, -0.25) is 4.79 Å². The number of hydrogen-bond donors (Lipinski definition) is 0. The minimum atomic E-state index is 0.533. The van der Waals surface area contributed by atoms with Gasteiger partial charge >= 0.3 is 0 Å². The molecule has 0 amide bonds. The van der Waals surface area contributed by atoms with E-state index in [2.05, 4.69) is 15.9 Å². The van der Waals surface area contributed by atoms with Gasteiger partial charge in [-0.25, -0.2) is 0 Å². The molecule has 0 unspecified atom stereocenters. The van der Waals surface area contributed by atoms with Crippen LogP contribution in [-0.2, 0) is 0 Å². The summed E-state index contributed by atoms with van der Waals surface area (Å²) in [6.45, 7) is 2.41. The highest BCUT2D eigenvalue weighted by Crippen LogP contribution is 2.36. The van der Waals surface area contributed by atoms with Crippen molar-refractivity contribution in [3.8, 4) is 11.5 Å². The third-order valence-corrected chi connectivity index (χ3v) is 2.26. The summed E-state index contributed by atoms with van der Waals surface area (Å²) >= 11 is 3.31. The first-order chi connectivity index (χ1) is 6.72. The van der Waals surface area contributed by atoms with E-state index >= 15 is 0 Å². The van der Waals surface area contributed by atoms with Crippen LogP contribution in [0.1, 0.15) is 17.3 Å². The van der Waals surface area contributed by atoms with Crippen LogP contribution in [0.5, 0.6) is 11.5 Å². The molecular weight excluding hydrogens is 248 g/mol. The van der Waals surface area contributed by atoms with Crippen LogP contribution in [0.25, 0.3) is 0 Å². The maximum Gasteiger partial charge on any atom is 0.174 e. The van der Waals surface area contributed by atoms with E-state index in [0.717, 1.165) is 6.29 Å². The summed E-state index contributed by atoms with van der Waals surface area (Å²) in [5.74, 6) is 1.18. The zero-order valence-corrected chi connectivity index (χ0v) is 9.63. The van der Waals surface area contributed by atoms with Crippen LogP contribution in [0.2, 0.25) is 0 Å². The van der Waals surface area contributed by atoms with Crippen molar-refractivity contribution in [2.75, 3.05) is 13.7 Å². The molecule has 1 rings (SSSR count). The molecule has 0 spiro atoms.